The van der Waals surface area contributed by atoms with Crippen molar-refractivity contribution in [2.45, 2.75) is 40.4 Å². The minimum Gasteiger partial charge on any atom is -0.388 e. The Balaban J connectivity index is 1.25. The first-order chi connectivity index (χ1) is 24.8. The second kappa shape index (κ2) is 14.3. The van der Waals surface area contributed by atoms with Gasteiger partial charge in [0.15, 0.2) is 0 Å². The van der Waals surface area contributed by atoms with Crippen LogP contribution in [0.5, 0.6) is 0 Å². The predicted octanol–water partition coefficient (Wildman–Crippen LogP) is 6.66. The summed E-state index contributed by atoms with van der Waals surface area (Å²) >= 11 is 0. The predicted molar refractivity (Wildman–Crippen MR) is 203 cm³/mol. The SMILES string of the molecule is CNc1cccc(-c2cn(Cc3c(C)c(Cn4cc(-c5cccc(NC)c5)nn4)c(C)c(Cn4cc(-c5cccc(NC)c5)nn4)c3C)nn2)c1. The molecule has 0 unspecified atom stereocenters. The van der Waals surface area contributed by atoms with Crippen LogP contribution in [0.1, 0.15) is 33.4 Å². The number of aromatic nitrogens is 9. The van der Waals surface area contributed by atoms with Crippen molar-refractivity contribution in [2.24, 2.45) is 0 Å². The summed E-state index contributed by atoms with van der Waals surface area (Å²) in [4.78, 5) is 0. The molecule has 0 atom stereocenters. The van der Waals surface area contributed by atoms with Gasteiger partial charge in [0.1, 0.15) is 17.1 Å². The van der Waals surface area contributed by atoms with Crippen molar-refractivity contribution in [2.75, 3.05) is 37.1 Å². The summed E-state index contributed by atoms with van der Waals surface area (Å²) in [5.41, 5.74) is 15.7. The lowest BCUT2D eigenvalue weighted by atomic mass is 9.88. The van der Waals surface area contributed by atoms with E-state index in [1.165, 1.54) is 33.4 Å². The third kappa shape index (κ3) is 6.93. The third-order valence-corrected chi connectivity index (χ3v) is 9.63. The van der Waals surface area contributed by atoms with Gasteiger partial charge in [-0.2, -0.15) is 0 Å². The molecule has 3 heterocycles. The number of rotatable bonds is 12. The maximum atomic E-state index is 4.56. The van der Waals surface area contributed by atoms with E-state index in [-0.39, 0.29) is 0 Å². The van der Waals surface area contributed by atoms with Gasteiger partial charge in [-0.3, -0.25) is 0 Å². The van der Waals surface area contributed by atoms with E-state index in [0.29, 0.717) is 19.6 Å². The fourth-order valence-electron chi connectivity index (χ4n) is 6.61. The highest BCUT2D eigenvalue weighted by Crippen LogP contribution is 2.31. The van der Waals surface area contributed by atoms with E-state index in [2.05, 4.69) is 104 Å². The van der Waals surface area contributed by atoms with Gasteiger partial charge in [0, 0.05) is 54.9 Å². The first-order valence-corrected chi connectivity index (χ1v) is 17.0. The number of nitrogens with zero attached hydrogens (tertiary/aromatic N) is 9. The molecular weight excluding hydrogens is 637 g/mol. The van der Waals surface area contributed by atoms with Gasteiger partial charge in [0.2, 0.25) is 0 Å². The van der Waals surface area contributed by atoms with Crippen molar-refractivity contribution < 1.29 is 0 Å². The first-order valence-electron chi connectivity index (χ1n) is 17.0. The van der Waals surface area contributed by atoms with Crippen molar-refractivity contribution in [3.05, 3.63) is 125 Å². The Morgan fingerprint density at radius 1 is 0.451 bits per heavy atom. The molecule has 0 saturated heterocycles. The van der Waals surface area contributed by atoms with E-state index >= 15 is 0 Å². The van der Waals surface area contributed by atoms with Crippen molar-refractivity contribution in [1.29, 1.82) is 0 Å². The lowest BCUT2D eigenvalue weighted by Gasteiger charge is -2.22. The van der Waals surface area contributed by atoms with E-state index in [1.807, 2.05) is 90.2 Å². The maximum absolute atomic E-state index is 4.56. The molecule has 0 fully saturated rings. The normalized spacial score (nSPS) is 11.2. The molecule has 0 bridgehead atoms. The Morgan fingerprint density at radius 2 is 0.745 bits per heavy atom. The Morgan fingerprint density at radius 3 is 1.02 bits per heavy atom. The maximum Gasteiger partial charge on any atom is 0.113 e. The molecule has 51 heavy (non-hydrogen) atoms. The molecule has 7 aromatic rings. The summed E-state index contributed by atoms with van der Waals surface area (Å²) in [7, 11) is 5.74. The minimum atomic E-state index is 0.565. The number of hydrogen-bond acceptors (Lipinski definition) is 9. The number of benzene rings is 4. The van der Waals surface area contributed by atoms with E-state index in [1.54, 1.807) is 0 Å². The molecule has 7 rings (SSSR count). The van der Waals surface area contributed by atoms with Gasteiger partial charge >= 0.3 is 0 Å². The van der Waals surface area contributed by atoms with Crippen LogP contribution in [-0.4, -0.2) is 66.1 Å². The molecule has 0 radical (unpaired) electrons. The summed E-state index contributed by atoms with van der Waals surface area (Å²) in [5, 5.41) is 36.9. The van der Waals surface area contributed by atoms with Gasteiger partial charge in [-0.15, -0.1) is 15.3 Å². The average Bonchev–Trinajstić information content (AvgIpc) is 3.96. The average molecular weight is 679 g/mol. The van der Waals surface area contributed by atoms with Crippen molar-refractivity contribution >= 4 is 17.1 Å². The highest BCUT2D eigenvalue weighted by molar-refractivity contribution is 5.66. The number of hydrogen-bond donors (Lipinski definition) is 3. The highest BCUT2D eigenvalue weighted by atomic mass is 15.4. The van der Waals surface area contributed by atoms with Crippen LogP contribution in [-0.2, 0) is 19.6 Å². The largest absolute Gasteiger partial charge is 0.388 e. The van der Waals surface area contributed by atoms with Gasteiger partial charge in [0.25, 0.3) is 0 Å². The van der Waals surface area contributed by atoms with Gasteiger partial charge in [-0.1, -0.05) is 52.0 Å². The summed E-state index contributed by atoms with van der Waals surface area (Å²) in [6, 6.07) is 24.6. The standard InChI is InChI=1S/C39H42N12/c1-25-34(19-49-22-37(43-46-49)28-10-7-13-31(16-28)40-4)26(2)36(21-51-24-39(45-48-51)30-12-9-15-33(18-30)42-6)27(3)35(25)20-50-23-38(44-47-50)29-11-8-14-32(17-29)41-5/h7-18,22-24,40-42H,19-21H2,1-6H3. The van der Waals surface area contributed by atoms with Gasteiger partial charge in [-0.25, -0.2) is 14.0 Å². The molecule has 0 amide bonds. The molecule has 3 aromatic heterocycles. The Kier molecular flexibility index (Phi) is 9.30. The summed E-state index contributed by atoms with van der Waals surface area (Å²) < 4.78 is 5.76. The fourth-order valence-corrected chi connectivity index (χ4v) is 6.61. The Hall–Kier alpha value is -6.30. The van der Waals surface area contributed by atoms with E-state index in [4.69, 9.17) is 0 Å². The number of nitrogens with one attached hydrogen (secondary N) is 3. The molecular formula is C39H42N12. The third-order valence-electron chi connectivity index (χ3n) is 9.63. The van der Waals surface area contributed by atoms with E-state index < -0.39 is 0 Å². The van der Waals surface area contributed by atoms with Gasteiger partial charge < -0.3 is 16.0 Å². The molecule has 0 aliphatic carbocycles. The van der Waals surface area contributed by atoms with Crippen molar-refractivity contribution in [3.63, 3.8) is 0 Å². The molecule has 258 valence electrons. The van der Waals surface area contributed by atoms with Crippen molar-refractivity contribution in [3.8, 4) is 33.8 Å². The van der Waals surface area contributed by atoms with Crippen LogP contribution in [0.15, 0.2) is 91.4 Å². The zero-order valence-electron chi connectivity index (χ0n) is 29.8. The molecule has 0 aliphatic heterocycles. The topological polar surface area (TPSA) is 128 Å². The lowest BCUT2D eigenvalue weighted by molar-refractivity contribution is 0.618. The van der Waals surface area contributed by atoms with Crippen LogP contribution in [0.2, 0.25) is 0 Å². The molecule has 0 saturated carbocycles. The minimum absolute atomic E-state index is 0.565. The summed E-state index contributed by atoms with van der Waals surface area (Å²) in [6.45, 7) is 8.28. The molecule has 4 aromatic carbocycles. The van der Waals surface area contributed by atoms with Crippen molar-refractivity contribution in [1.82, 2.24) is 45.0 Å². The summed E-state index contributed by atoms with van der Waals surface area (Å²) in [5.74, 6) is 0. The molecule has 12 nitrogen and oxygen atoms in total. The fraction of sp³-hybridized carbons (Fsp3) is 0.231. The second-order valence-electron chi connectivity index (χ2n) is 12.7. The smallest absolute Gasteiger partial charge is 0.113 e. The lowest BCUT2D eigenvalue weighted by Crippen LogP contribution is -2.15. The van der Waals surface area contributed by atoms with Crippen LogP contribution >= 0.6 is 0 Å². The highest BCUT2D eigenvalue weighted by Gasteiger charge is 2.20. The monoisotopic (exact) mass is 678 g/mol. The van der Waals surface area contributed by atoms with Crippen LogP contribution in [0.25, 0.3) is 33.8 Å². The molecule has 3 N–H and O–H groups in total. The molecule has 0 spiro atoms. The van der Waals surface area contributed by atoms with Crippen LogP contribution in [0, 0.1) is 20.8 Å². The van der Waals surface area contributed by atoms with E-state index in [0.717, 1.165) is 50.8 Å². The van der Waals surface area contributed by atoms with Crippen LogP contribution in [0.3, 0.4) is 0 Å². The van der Waals surface area contributed by atoms with Gasteiger partial charge in [-0.05, 0) is 90.6 Å². The molecule has 0 aliphatic rings. The van der Waals surface area contributed by atoms with Crippen LogP contribution in [0.4, 0.5) is 17.1 Å². The number of anilines is 3. The zero-order chi connectivity index (χ0) is 35.5. The zero-order valence-corrected chi connectivity index (χ0v) is 29.8. The van der Waals surface area contributed by atoms with E-state index in [9.17, 15) is 0 Å². The Labute approximate surface area is 297 Å². The van der Waals surface area contributed by atoms with Crippen LogP contribution < -0.4 is 16.0 Å². The summed E-state index contributed by atoms with van der Waals surface area (Å²) in [6.07, 6.45) is 6.04. The second-order valence-corrected chi connectivity index (χ2v) is 12.7. The van der Waals surface area contributed by atoms with Gasteiger partial charge in [0.05, 0.1) is 38.2 Å². The first kappa shape index (κ1) is 33.2. The Bertz CT molecular complexity index is 2030. The molecule has 12 heteroatoms. The quantitative estimate of drug-likeness (QED) is 0.130.